The van der Waals surface area contributed by atoms with Crippen LogP contribution in [0.3, 0.4) is 0 Å². The summed E-state index contributed by atoms with van der Waals surface area (Å²) in [5.41, 5.74) is -3.31. The van der Waals surface area contributed by atoms with Gasteiger partial charge in [0.05, 0.1) is 0 Å². The number of carbonyl (C=O) groups is 2. The Morgan fingerprint density at radius 2 is 1.48 bits per heavy atom. The zero-order chi connectivity index (χ0) is 19.6. The Kier molecular flexibility index (Phi) is 6.13. The predicted octanol–water partition coefficient (Wildman–Crippen LogP) is 4.49. The van der Waals surface area contributed by atoms with E-state index in [2.05, 4.69) is 13.2 Å². The van der Waals surface area contributed by atoms with Crippen LogP contribution < -0.4 is 0 Å². The maximum absolute atomic E-state index is 13.6. The molecule has 25 heavy (non-hydrogen) atoms. The van der Waals surface area contributed by atoms with E-state index in [0.29, 0.717) is 0 Å². The molecule has 0 aromatic rings. The minimum Gasteiger partial charge on any atom is -0.456 e. The number of carbonyl (C=O) groups excluding carboxylic acids is 2. The van der Waals surface area contributed by atoms with Gasteiger partial charge in [-0.15, -0.1) is 0 Å². The summed E-state index contributed by atoms with van der Waals surface area (Å²) >= 11 is 0. The highest BCUT2D eigenvalue weighted by Crippen LogP contribution is 2.48. The summed E-state index contributed by atoms with van der Waals surface area (Å²) in [4.78, 5) is 23.4. The first-order valence-corrected chi connectivity index (χ1v) is 8.06. The van der Waals surface area contributed by atoms with Gasteiger partial charge in [-0.25, -0.2) is 9.59 Å². The van der Waals surface area contributed by atoms with Crippen LogP contribution in [-0.2, 0) is 19.1 Å². The molecule has 0 aromatic heterocycles. The number of hydrogen-bond donors (Lipinski definition) is 0. The van der Waals surface area contributed by atoms with Gasteiger partial charge in [-0.1, -0.05) is 13.2 Å². The summed E-state index contributed by atoms with van der Waals surface area (Å²) in [7, 11) is 0. The Labute approximate surface area is 146 Å². The number of hydrogen-bond acceptors (Lipinski definition) is 4. The number of alkyl halides is 3. The standard InChI is InChI=1S/C18H25F3O4/c1-11(2)14(22)24-16(5)9-7-13(8-10-16)17(6,18(19,20)21)25-15(23)12(3)4/h13H,1,3,7-10H2,2,4-6H3. The van der Waals surface area contributed by atoms with E-state index < -0.39 is 35.2 Å². The molecular weight excluding hydrogens is 337 g/mol. The maximum Gasteiger partial charge on any atom is 0.428 e. The predicted molar refractivity (Wildman–Crippen MR) is 86.6 cm³/mol. The first kappa shape index (κ1) is 21.3. The quantitative estimate of drug-likeness (QED) is 0.534. The Bertz CT molecular complexity index is 571. The molecule has 0 amide bonds. The van der Waals surface area contributed by atoms with Gasteiger partial charge in [-0.3, -0.25) is 0 Å². The van der Waals surface area contributed by atoms with Crippen molar-refractivity contribution in [1.82, 2.24) is 0 Å². The molecule has 1 rings (SSSR count). The highest BCUT2D eigenvalue weighted by Gasteiger charge is 2.60. The van der Waals surface area contributed by atoms with Crippen LogP contribution >= 0.6 is 0 Å². The van der Waals surface area contributed by atoms with Gasteiger partial charge in [-0.05, 0) is 53.4 Å². The van der Waals surface area contributed by atoms with Crippen LogP contribution in [0, 0.1) is 5.92 Å². The second-order valence-electron chi connectivity index (χ2n) is 7.17. The minimum absolute atomic E-state index is 0.0912. The molecule has 1 saturated carbocycles. The maximum atomic E-state index is 13.6. The lowest BCUT2D eigenvalue weighted by atomic mass is 9.72. The van der Waals surface area contributed by atoms with E-state index in [1.54, 1.807) is 6.92 Å². The van der Waals surface area contributed by atoms with Gasteiger partial charge in [0.15, 0.2) is 0 Å². The third-order valence-electron chi connectivity index (χ3n) is 4.73. The van der Waals surface area contributed by atoms with Gasteiger partial charge in [0.2, 0.25) is 5.60 Å². The van der Waals surface area contributed by atoms with Crippen molar-refractivity contribution in [2.45, 2.75) is 70.8 Å². The summed E-state index contributed by atoms with van der Waals surface area (Å²) in [6, 6.07) is 0. The molecule has 0 heterocycles. The second-order valence-corrected chi connectivity index (χ2v) is 7.17. The van der Waals surface area contributed by atoms with Crippen molar-refractivity contribution in [2.75, 3.05) is 0 Å². The Morgan fingerprint density at radius 3 is 1.84 bits per heavy atom. The fourth-order valence-electron chi connectivity index (χ4n) is 2.84. The zero-order valence-electron chi connectivity index (χ0n) is 15.1. The van der Waals surface area contributed by atoms with E-state index in [4.69, 9.17) is 9.47 Å². The van der Waals surface area contributed by atoms with Crippen LogP contribution in [0.25, 0.3) is 0 Å². The number of ether oxygens (including phenoxy) is 2. The Hall–Kier alpha value is -1.79. The van der Waals surface area contributed by atoms with E-state index in [0.717, 1.165) is 6.92 Å². The molecule has 1 unspecified atom stereocenters. The number of halogens is 3. The summed E-state index contributed by atoms with van der Waals surface area (Å²) < 4.78 is 51.0. The molecule has 0 aromatic carbocycles. The molecule has 0 aliphatic heterocycles. The summed E-state index contributed by atoms with van der Waals surface area (Å²) in [6.07, 6.45) is -4.01. The average Bonchev–Trinajstić information content (AvgIpc) is 2.45. The third-order valence-corrected chi connectivity index (χ3v) is 4.73. The molecule has 142 valence electrons. The van der Waals surface area contributed by atoms with Crippen molar-refractivity contribution in [1.29, 1.82) is 0 Å². The van der Waals surface area contributed by atoms with Crippen molar-refractivity contribution in [3.8, 4) is 0 Å². The number of esters is 2. The Balaban J connectivity index is 2.92. The van der Waals surface area contributed by atoms with Crippen LogP contribution in [0.1, 0.15) is 53.4 Å². The molecule has 0 N–H and O–H groups in total. The third kappa shape index (κ3) is 4.86. The van der Waals surface area contributed by atoms with Crippen molar-refractivity contribution >= 4 is 11.9 Å². The van der Waals surface area contributed by atoms with E-state index >= 15 is 0 Å². The van der Waals surface area contributed by atoms with Crippen molar-refractivity contribution < 1.29 is 32.2 Å². The van der Waals surface area contributed by atoms with Crippen LogP contribution in [0.4, 0.5) is 13.2 Å². The second kappa shape index (κ2) is 7.22. The smallest absolute Gasteiger partial charge is 0.428 e. The van der Waals surface area contributed by atoms with Crippen LogP contribution in [0.15, 0.2) is 24.3 Å². The fraction of sp³-hybridized carbons (Fsp3) is 0.667. The summed E-state index contributed by atoms with van der Waals surface area (Å²) in [5.74, 6) is -2.55. The molecule has 1 atom stereocenters. The molecule has 1 fully saturated rings. The molecule has 1 aliphatic rings. The molecule has 0 bridgehead atoms. The van der Waals surface area contributed by atoms with Crippen LogP contribution in [0.2, 0.25) is 0 Å². The monoisotopic (exact) mass is 362 g/mol. The lowest BCUT2D eigenvalue weighted by molar-refractivity contribution is -0.284. The van der Waals surface area contributed by atoms with Crippen molar-refractivity contribution in [3.63, 3.8) is 0 Å². The highest BCUT2D eigenvalue weighted by atomic mass is 19.4. The molecule has 4 nitrogen and oxygen atoms in total. The number of rotatable bonds is 5. The van der Waals surface area contributed by atoms with E-state index in [-0.39, 0.29) is 36.8 Å². The molecule has 1 aliphatic carbocycles. The summed E-state index contributed by atoms with van der Waals surface area (Å²) in [6.45, 7) is 12.2. The van der Waals surface area contributed by atoms with Crippen molar-refractivity contribution in [2.24, 2.45) is 5.92 Å². The first-order chi connectivity index (χ1) is 11.2. The normalized spacial score (nSPS) is 26.3. The van der Waals surface area contributed by atoms with E-state index in [9.17, 15) is 22.8 Å². The van der Waals surface area contributed by atoms with Gasteiger partial charge in [0.25, 0.3) is 0 Å². The molecule has 7 heteroatoms. The van der Waals surface area contributed by atoms with Crippen molar-refractivity contribution in [3.05, 3.63) is 24.3 Å². The van der Waals surface area contributed by atoms with Gasteiger partial charge in [-0.2, -0.15) is 13.2 Å². The topological polar surface area (TPSA) is 52.6 Å². The average molecular weight is 362 g/mol. The van der Waals surface area contributed by atoms with Crippen LogP contribution in [0.5, 0.6) is 0 Å². The highest BCUT2D eigenvalue weighted by molar-refractivity contribution is 5.87. The molecule has 0 spiro atoms. The SMILES string of the molecule is C=C(C)C(=O)OC1(C)CCC(C(C)(OC(=O)C(=C)C)C(F)(F)F)CC1. The minimum atomic E-state index is -4.72. The first-order valence-electron chi connectivity index (χ1n) is 8.06. The Morgan fingerprint density at radius 1 is 1.04 bits per heavy atom. The van der Waals surface area contributed by atoms with Gasteiger partial charge in [0, 0.05) is 17.1 Å². The summed E-state index contributed by atoms with van der Waals surface area (Å²) in [5, 5.41) is 0. The molecular formula is C18H25F3O4. The van der Waals surface area contributed by atoms with E-state index in [1.807, 2.05) is 0 Å². The molecule has 0 radical (unpaired) electrons. The van der Waals surface area contributed by atoms with Gasteiger partial charge >= 0.3 is 18.1 Å². The largest absolute Gasteiger partial charge is 0.456 e. The molecule has 0 saturated heterocycles. The van der Waals surface area contributed by atoms with E-state index in [1.165, 1.54) is 13.8 Å². The lowest BCUT2D eigenvalue weighted by Gasteiger charge is -2.44. The van der Waals surface area contributed by atoms with Gasteiger partial charge in [0.1, 0.15) is 5.60 Å². The van der Waals surface area contributed by atoms with Crippen LogP contribution in [-0.4, -0.2) is 29.3 Å². The zero-order valence-corrected chi connectivity index (χ0v) is 15.1. The lowest BCUT2D eigenvalue weighted by Crippen LogP contribution is -2.54. The fourth-order valence-corrected chi connectivity index (χ4v) is 2.84. The van der Waals surface area contributed by atoms with Gasteiger partial charge < -0.3 is 9.47 Å².